The summed E-state index contributed by atoms with van der Waals surface area (Å²) in [7, 11) is 0. The molecule has 1 aliphatic heterocycles. The molecule has 0 N–H and O–H groups in total. The Morgan fingerprint density at radius 3 is 3.05 bits per heavy atom. The lowest BCUT2D eigenvalue weighted by atomic mass is 9.98. The highest BCUT2D eigenvalue weighted by Crippen LogP contribution is 2.32. The van der Waals surface area contributed by atoms with Gasteiger partial charge in [0.2, 0.25) is 0 Å². The number of halogens is 1. The fourth-order valence-corrected chi connectivity index (χ4v) is 4.07. The molecule has 2 heterocycles. The molecule has 5 heteroatoms. The third-order valence-corrected chi connectivity index (χ3v) is 5.31. The molecule has 0 bridgehead atoms. The molecule has 0 saturated carbocycles. The molecule has 0 spiro atoms. The predicted molar refractivity (Wildman–Crippen MR) is 90.8 cm³/mol. The summed E-state index contributed by atoms with van der Waals surface area (Å²) < 4.78 is 0. The van der Waals surface area contributed by atoms with E-state index in [0.29, 0.717) is 11.6 Å². The van der Waals surface area contributed by atoms with Crippen molar-refractivity contribution in [3.05, 3.63) is 50.9 Å². The van der Waals surface area contributed by atoms with Crippen molar-refractivity contribution in [3.63, 3.8) is 0 Å². The normalized spacial score (nSPS) is 17.9. The van der Waals surface area contributed by atoms with Gasteiger partial charge in [-0.25, -0.2) is 4.98 Å². The number of hydrogen-bond acceptors (Lipinski definition) is 3. The Hall–Kier alpha value is -1.39. The summed E-state index contributed by atoms with van der Waals surface area (Å²) in [5.41, 5.74) is 1.73. The van der Waals surface area contributed by atoms with Crippen LogP contribution in [0.1, 0.15) is 46.7 Å². The molecule has 1 saturated heterocycles. The van der Waals surface area contributed by atoms with Crippen molar-refractivity contribution in [2.45, 2.75) is 32.1 Å². The van der Waals surface area contributed by atoms with Gasteiger partial charge in [-0.15, -0.1) is 11.3 Å². The smallest absolute Gasteiger partial charge is 0.273 e. The maximum atomic E-state index is 12.6. The lowest BCUT2D eigenvalue weighted by Gasteiger charge is -2.16. The fourth-order valence-electron chi connectivity index (χ4n) is 2.90. The van der Waals surface area contributed by atoms with E-state index < -0.39 is 0 Å². The summed E-state index contributed by atoms with van der Waals surface area (Å²) in [6.07, 6.45) is 2.96. The Labute approximate surface area is 139 Å². The van der Waals surface area contributed by atoms with Gasteiger partial charge in [-0.2, -0.15) is 0 Å². The largest absolute Gasteiger partial charge is 0.337 e. The second-order valence-corrected chi connectivity index (χ2v) is 6.98. The average molecular weight is 335 g/mol. The zero-order chi connectivity index (χ0) is 15.5. The van der Waals surface area contributed by atoms with Gasteiger partial charge in [-0.1, -0.05) is 36.7 Å². The first-order valence-electron chi connectivity index (χ1n) is 7.67. The van der Waals surface area contributed by atoms with E-state index in [9.17, 15) is 4.79 Å². The van der Waals surface area contributed by atoms with Gasteiger partial charge < -0.3 is 4.90 Å². The molecule has 1 atom stereocenters. The summed E-state index contributed by atoms with van der Waals surface area (Å²) in [6, 6.07) is 7.92. The van der Waals surface area contributed by atoms with Gasteiger partial charge in [0.1, 0.15) is 5.69 Å². The average Bonchev–Trinajstić information content (AvgIpc) is 3.17. The summed E-state index contributed by atoms with van der Waals surface area (Å²) in [6.45, 7) is 3.62. The Kier molecular flexibility index (Phi) is 4.79. The van der Waals surface area contributed by atoms with Crippen LogP contribution in [-0.4, -0.2) is 28.9 Å². The highest BCUT2D eigenvalue weighted by molar-refractivity contribution is 7.09. The monoisotopic (exact) mass is 334 g/mol. The number of aryl methyl sites for hydroxylation is 1. The third kappa shape index (κ3) is 3.18. The third-order valence-electron chi connectivity index (χ3n) is 4.06. The minimum absolute atomic E-state index is 0.0492. The minimum Gasteiger partial charge on any atom is -0.337 e. The van der Waals surface area contributed by atoms with E-state index in [4.69, 9.17) is 11.6 Å². The van der Waals surface area contributed by atoms with E-state index in [1.165, 1.54) is 0 Å². The summed E-state index contributed by atoms with van der Waals surface area (Å²) in [4.78, 5) is 18.9. The number of thiazole rings is 1. The first-order chi connectivity index (χ1) is 10.7. The number of nitrogens with zero attached hydrogens (tertiary/aromatic N) is 2. The van der Waals surface area contributed by atoms with Crippen molar-refractivity contribution < 1.29 is 4.79 Å². The molecule has 0 radical (unpaired) electrons. The minimum atomic E-state index is 0.0492. The van der Waals surface area contributed by atoms with Crippen LogP contribution in [0, 0.1) is 0 Å². The predicted octanol–water partition coefficient (Wildman–Crippen LogP) is 4.38. The second kappa shape index (κ2) is 6.80. The van der Waals surface area contributed by atoms with E-state index in [0.717, 1.165) is 47.9 Å². The highest BCUT2D eigenvalue weighted by Gasteiger charge is 2.29. The molecule has 116 valence electrons. The van der Waals surface area contributed by atoms with E-state index in [1.54, 1.807) is 11.3 Å². The van der Waals surface area contributed by atoms with Crippen LogP contribution >= 0.6 is 22.9 Å². The molecule has 3 nitrogen and oxygen atoms in total. The van der Waals surface area contributed by atoms with Crippen molar-refractivity contribution in [1.82, 2.24) is 9.88 Å². The number of aromatic nitrogens is 1. The summed E-state index contributed by atoms with van der Waals surface area (Å²) in [5.74, 6) is 0.375. The standard InChI is InChI=1S/C17H19ClN2OS/c1-2-5-16-19-15(11-22-16)17(21)20-9-8-12(10-20)13-6-3-4-7-14(13)18/h3-4,6-7,11-12H,2,5,8-10H2,1H3. The lowest BCUT2D eigenvalue weighted by molar-refractivity contribution is 0.0785. The lowest BCUT2D eigenvalue weighted by Crippen LogP contribution is -2.28. The van der Waals surface area contributed by atoms with E-state index >= 15 is 0 Å². The van der Waals surface area contributed by atoms with Gasteiger partial charge in [-0.3, -0.25) is 4.79 Å². The fraction of sp³-hybridized carbons (Fsp3) is 0.412. The molecule has 22 heavy (non-hydrogen) atoms. The number of amides is 1. The molecule has 0 aliphatic carbocycles. The van der Waals surface area contributed by atoms with Crippen LogP contribution in [0.25, 0.3) is 0 Å². The van der Waals surface area contributed by atoms with Crippen LogP contribution in [0.2, 0.25) is 5.02 Å². The molecule has 1 amide bonds. The number of likely N-dealkylation sites (tertiary alicyclic amines) is 1. The number of rotatable bonds is 4. The summed E-state index contributed by atoms with van der Waals surface area (Å²) in [5, 5.41) is 3.73. The van der Waals surface area contributed by atoms with Crippen molar-refractivity contribution in [3.8, 4) is 0 Å². The molecule has 1 unspecified atom stereocenters. The number of benzene rings is 1. The van der Waals surface area contributed by atoms with Gasteiger partial charge in [0.05, 0.1) is 5.01 Å². The Morgan fingerprint density at radius 1 is 1.45 bits per heavy atom. The Balaban J connectivity index is 1.69. The zero-order valence-electron chi connectivity index (χ0n) is 12.6. The van der Waals surface area contributed by atoms with Crippen LogP contribution in [0.4, 0.5) is 0 Å². The number of hydrogen-bond donors (Lipinski definition) is 0. The quantitative estimate of drug-likeness (QED) is 0.831. The van der Waals surface area contributed by atoms with E-state index in [-0.39, 0.29) is 5.91 Å². The first kappa shape index (κ1) is 15.5. The van der Waals surface area contributed by atoms with Crippen molar-refractivity contribution in [2.24, 2.45) is 0 Å². The molecule has 1 aliphatic rings. The molecule has 1 aromatic carbocycles. The van der Waals surface area contributed by atoms with Crippen molar-refractivity contribution in [1.29, 1.82) is 0 Å². The molecule has 1 aromatic heterocycles. The second-order valence-electron chi connectivity index (χ2n) is 5.63. The van der Waals surface area contributed by atoms with Crippen LogP contribution < -0.4 is 0 Å². The van der Waals surface area contributed by atoms with Crippen LogP contribution in [0.5, 0.6) is 0 Å². The SMILES string of the molecule is CCCc1nc(C(=O)N2CCC(c3ccccc3Cl)C2)cs1. The molecule has 3 rings (SSSR count). The maximum absolute atomic E-state index is 12.6. The van der Waals surface area contributed by atoms with Gasteiger partial charge >= 0.3 is 0 Å². The van der Waals surface area contributed by atoms with Gasteiger partial charge in [0.15, 0.2) is 0 Å². The van der Waals surface area contributed by atoms with Crippen LogP contribution in [0.15, 0.2) is 29.6 Å². The maximum Gasteiger partial charge on any atom is 0.273 e. The first-order valence-corrected chi connectivity index (χ1v) is 8.93. The number of carbonyl (C=O) groups excluding carboxylic acids is 1. The molecule has 2 aromatic rings. The van der Waals surface area contributed by atoms with E-state index in [2.05, 4.69) is 18.0 Å². The summed E-state index contributed by atoms with van der Waals surface area (Å²) >= 11 is 7.85. The molecular formula is C17H19ClN2OS. The Bertz CT molecular complexity index is 670. The van der Waals surface area contributed by atoms with Crippen molar-refractivity contribution in [2.75, 3.05) is 13.1 Å². The molecule has 1 fully saturated rings. The highest BCUT2D eigenvalue weighted by atomic mass is 35.5. The topological polar surface area (TPSA) is 33.2 Å². The number of carbonyl (C=O) groups is 1. The molecular weight excluding hydrogens is 316 g/mol. The zero-order valence-corrected chi connectivity index (χ0v) is 14.2. The van der Waals surface area contributed by atoms with Gasteiger partial charge in [-0.05, 0) is 30.9 Å². The van der Waals surface area contributed by atoms with Crippen LogP contribution in [0.3, 0.4) is 0 Å². The van der Waals surface area contributed by atoms with Crippen molar-refractivity contribution >= 4 is 28.8 Å². The van der Waals surface area contributed by atoms with Gasteiger partial charge in [0, 0.05) is 29.4 Å². The van der Waals surface area contributed by atoms with Gasteiger partial charge in [0.25, 0.3) is 5.91 Å². The van der Waals surface area contributed by atoms with Crippen LogP contribution in [-0.2, 0) is 6.42 Å². The van der Waals surface area contributed by atoms with E-state index in [1.807, 2.05) is 28.5 Å². The Morgan fingerprint density at radius 2 is 2.27 bits per heavy atom.